The first-order valence-electron chi connectivity index (χ1n) is 6.02. The number of rotatable bonds is 3. The van der Waals surface area contributed by atoms with Gasteiger partial charge in [-0.1, -0.05) is 23.2 Å². The summed E-state index contributed by atoms with van der Waals surface area (Å²) in [5, 5.41) is -2.90. The van der Waals surface area contributed by atoms with E-state index in [1.54, 1.807) is 0 Å². The Morgan fingerprint density at radius 1 is 1.00 bits per heavy atom. The second-order valence-electron chi connectivity index (χ2n) is 4.29. The van der Waals surface area contributed by atoms with Crippen LogP contribution in [0.25, 0.3) is 10.9 Å². The van der Waals surface area contributed by atoms with Crippen molar-refractivity contribution < 1.29 is 13.5 Å². The smallest absolute Gasteiger partial charge is 0.381 e. The minimum Gasteiger partial charge on any atom is -0.424 e. The summed E-state index contributed by atoms with van der Waals surface area (Å²) in [6.07, 6.45) is 3.85. The Kier molecular flexibility index (Phi) is 4.18. The van der Waals surface area contributed by atoms with Crippen molar-refractivity contribution in [3.05, 3.63) is 46.6 Å². The highest BCUT2D eigenvalue weighted by atomic mass is 35.5. The summed E-state index contributed by atoms with van der Waals surface area (Å²) >= 11 is 16.6. The van der Waals surface area contributed by atoms with Crippen LogP contribution in [-0.4, -0.2) is 19.9 Å². The predicted octanol–water partition coefficient (Wildman–Crippen LogP) is 4.81. The van der Waals surface area contributed by atoms with Crippen LogP contribution < -0.4 is 4.74 Å². The Bertz CT molecular complexity index is 871. The molecule has 23 heavy (non-hydrogen) atoms. The van der Waals surface area contributed by atoms with Crippen LogP contribution in [0.2, 0.25) is 10.0 Å². The zero-order valence-corrected chi connectivity index (χ0v) is 13.2. The van der Waals surface area contributed by atoms with Crippen LogP contribution in [0.4, 0.5) is 8.78 Å². The highest BCUT2D eigenvalue weighted by molar-refractivity contribution is 6.35. The Balaban J connectivity index is 2.08. The fourth-order valence-corrected chi connectivity index (χ4v) is 2.13. The number of halogens is 5. The SMILES string of the molecule is FC(F)(Cl)c1ncc2c(Oc3ncc(Cl)cn3)ccc(Cl)c2n1. The summed E-state index contributed by atoms with van der Waals surface area (Å²) in [4.78, 5) is 15.0. The highest BCUT2D eigenvalue weighted by Gasteiger charge is 2.32. The molecule has 2 aromatic heterocycles. The second kappa shape index (κ2) is 5.99. The van der Waals surface area contributed by atoms with Crippen LogP contribution in [0.15, 0.2) is 30.7 Å². The molecule has 0 saturated heterocycles. The van der Waals surface area contributed by atoms with Gasteiger partial charge in [0.15, 0.2) is 0 Å². The topological polar surface area (TPSA) is 60.8 Å². The van der Waals surface area contributed by atoms with Gasteiger partial charge in [0.05, 0.1) is 33.3 Å². The normalized spacial score (nSPS) is 11.7. The molecule has 0 spiro atoms. The molecule has 5 nitrogen and oxygen atoms in total. The van der Waals surface area contributed by atoms with Crippen molar-refractivity contribution in [1.29, 1.82) is 0 Å². The molecule has 1 aromatic carbocycles. The van der Waals surface area contributed by atoms with Crippen molar-refractivity contribution in [1.82, 2.24) is 19.9 Å². The van der Waals surface area contributed by atoms with Crippen LogP contribution in [0.3, 0.4) is 0 Å². The van der Waals surface area contributed by atoms with Gasteiger partial charge in [0.2, 0.25) is 5.82 Å². The maximum atomic E-state index is 13.1. The fraction of sp³-hybridized carbons (Fsp3) is 0.0769. The molecule has 3 rings (SSSR count). The molecule has 0 aliphatic carbocycles. The number of fused-ring (bicyclic) bond motifs is 1. The van der Waals surface area contributed by atoms with Crippen molar-refractivity contribution in [3.8, 4) is 11.8 Å². The number of nitrogens with zero attached hydrogens (tertiary/aromatic N) is 4. The number of aromatic nitrogens is 4. The lowest BCUT2D eigenvalue weighted by Crippen LogP contribution is -2.09. The van der Waals surface area contributed by atoms with Gasteiger partial charge in [0.25, 0.3) is 0 Å². The third-order valence-corrected chi connectivity index (χ3v) is 3.38. The molecule has 0 atom stereocenters. The average molecular weight is 378 g/mol. The summed E-state index contributed by atoms with van der Waals surface area (Å²) in [7, 11) is 0. The standard InChI is InChI=1S/C13H5Cl3F2N4O/c14-6-3-20-12(21-4-6)23-9-2-1-8(15)10-7(9)5-19-11(22-10)13(16,17)18/h1-5H. The molecule has 0 radical (unpaired) electrons. The number of hydrogen-bond donors (Lipinski definition) is 0. The monoisotopic (exact) mass is 376 g/mol. The predicted molar refractivity (Wildman–Crippen MR) is 81.4 cm³/mol. The first-order valence-corrected chi connectivity index (χ1v) is 7.16. The van der Waals surface area contributed by atoms with E-state index in [0.29, 0.717) is 10.4 Å². The lowest BCUT2D eigenvalue weighted by Gasteiger charge is -2.10. The first kappa shape index (κ1) is 16.0. The van der Waals surface area contributed by atoms with Crippen molar-refractivity contribution in [2.75, 3.05) is 0 Å². The third kappa shape index (κ3) is 3.41. The molecule has 0 bridgehead atoms. The van der Waals surface area contributed by atoms with E-state index in [1.165, 1.54) is 24.5 Å². The molecule has 0 amide bonds. The van der Waals surface area contributed by atoms with Crippen LogP contribution in [0.1, 0.15) is 5.82 Å². The van der Waals surface area contributed by atoms with E-state index in [4.69, 9.17) is 39.5 Å². The van der Waals surface area contributed by atoms with E-state index in [1.807, 2.05) is 0 Å². The molecule has 0 aliphatic rings. The largest absolute Gasteiger partial charge is 0.424 e. The molecule has 3 aromatic rings. The van der Waals surface area contributed by atoms with Gasteiger partial charge in [-0.05, 0) is 23.7 Å². The van der Waals surface area contributed by atoms with E-state index in [9.17, 15) is 8.78 Å². The van der Waals surface area contributed by atoms with Gasteiger partial charge in [0.1, 0.15) is 5.75 Å². The van der Waals surface area contributed by atoms with E-state index >= 15 is 0 Å². The van der Waals surface area contributed by atoms with Crippen molar-refractivity contribution in [2.24, 2.45) is 0 Å². The van der Waals surface area contributed by atoms with Gasteiger partial charge in [0, 0.05) is 6.20 Å². The second-order valence-corrected chi connectivity index (χ2v) is 5.60. The van der Waals surface area contributed by atoms with E-state index in [-0.39, 0.29) is 22.3 Å². The summed E-state index contributed by atoms with van der Waals surface area (Å²) < 4.78 is 31.8. The number of ether oxygens (including phenoxy) is 1. The number of benzene rings is 1. The quantitative estimate of drug-likeness (QED) is 0.613. The Labute approximate surface area is 143 Å². The maximum absolute atomic E-state index is 13.1. The fourth-order valence-electron chi connectivity index (χ4n) is 1.74. The number of alkyl halides is 3. The van der Waals surface area contributed by atoms with E-state index in [0.717, 1.165) is 6.20 Å². The summed E-state index contributed by atoms with van der Waals surface area (Å²) in [5.41, 5.74) is 0.0726. The summed E-state index contributed by atoms with van der Waals surface area (Å²) in [6, 6.07) is 2.98. The Morgan fingerprint density at radius 3 is 2.35 bits per heavy atom. The molecular formula is C13H5Cl3F2N4O. The minimum absolute atomic E-state index is 0.0183. The van der Waals surface area contributed by atoms with Crippen LogP contribution in [0.5, 0.6) is 11.8 Å². The van der Waals surface area contributed by atoms with Gasteiger partial charge in [-0.2, -0.15) is 8.78 Å². The van der Waals surface area contributed by atoms with E-state index < -0.39 is 11.2 Å². The molecule has 0 N–H and O–H groups in total. The lowest BCUT2D eigenvalue weighted by atomic mass is 10.2. The first-order chi connectivity index (χ1) is 10.8. The average Bonchev–Trinajstić information content (AvgIpc) is 2.51. The Hall–Kier alpha value is -1.83. The van der Waals surface area contributed by atoms with Gasteiger partial charge in [-0.15, -0.1) is 0 Å². The molecular weight excluding hydrogens is 373 g/mol. The maximum Gasteiger partial charge on any atom is 0.381 e. The molecule has 2 heterocycles. The minimum atomic E-state index is -3.70. The highest BCUT2D eigenvalue weighted by Crippen LogP contribution is 2.35. The molecule has 0 fully saturated rings. The molecule has 0 unspecified atom stereocenters. The van der Waals surface area contributed by atoms with Crippen molar-refractivity contribution in [2.45, 2.75) is 5.38 Å². The molecule has 0 aliphatic heterocycles. The van der Waals surface area contributed by atoms with Crippen LogP contribution in [0, 0.1) is 0 Å². The molecule has 10 heteroatoms. The molecule has 118 valence electrons. The summed E-state index contributed by atoms with van der Waals surface area (Å²) in [5.74, 6) is -0.607. The summed E-state index contributed by atoms with van der Waals surface area (Å²) in [6.45, 7) is 0. The Morgan fingerprint density at radius 2 is 1.70 bits per heavy atom. The van der Waals surface area contributed by atoms with Crippen molar-refractivity contribution in [3.63, 3.8) is 0 Å². The van der Waals surface area contributed by atoms with Gasteiger partial charge in [-0.3, -0.25) is 0 Å². The van der Waals surface area contributed by atoms with Gasteiger partial charge >= 0.3 is 11.4 Å². The lowest BCUT2D eigenvalue weighted by molar-refractivity contribution is 0.0849. The van der Waals surface area contributed by atoms with Gasteiger partial charge in [-0.25, -0.2) is 19.9 Å². The van der Waals surface area contributed by atoms with Gasteiger partial charge < -0.3 is 4.74 Å². The van der Waals surface area contributed by atoms with Crippen LogP contribution >= 0.6 is 34.8 Å². The van der Waals surface area contributed by atoms with Crippen molar-refractivity contribution >= 4 is 45.7 Å². The van der Waals surface area contributed by atoms with E-state index in [2.05, 4.69) is 19.9 Å². The zero-order valence-electron chi connectivity index (χ0n) is 11.0. The van der Waals surface area contributed by atoms with Crippen LogP contribution in [-0.2, 0) is 5.38 Å². The number of hydrogen-bond acceptors (Lipinski definition) is 5. The molecule has 0 saturated carbocycles. The zero-order chi connectivity index (χ0) is 16.6. The third-order valence-electron chi connectivity index (χ3n) is 2.71.